The van der Waals surface area contributed by atoms with Crippen LogP contribution in [0.3, 0.4) is 0 Å². The van der Waals surface area contributed by atoms with E-state index in [1.165, 1.54) is 30.5 Å². The molecule has 3 aromatic rings. The molecule has 1 aromatic carbocycles. The maximum absolute atomic E-state index is 13.7. The van der Waals surface area contributed by atoms with Gasteiger partial charge in [0.05, 0.1) is 47.7 Å². The number of aryl methyl sites for hydroxylation is 3. The Morgan fingerprint density at radius 2 is 2.00 bits per heavy atom. The number of hydrogen-bond donors (Lipinski definition) is 1. The third kappa shape index (κ3) is 4.28. The number of carbonyl (C=O) groups is 2. The van der Waals surface area contributed by atoms with Gasteiger partial charge in [0.2, 0.25) is 5.78 Å². The molecule has 10 heteroatoms. The summed E-state index contributed by atoms with van der Waals surface area (Å²) >= 11 is 1.24. The standard InChI is InChI=1S/C24H26N4O5S/c1-14-23(34-15(2)26-14)21(29)19-20(17-12-16(32-3)6-7-18(17)33-4)28(24(31)22(19)30)10-5-9-27-11-8-25-13-27/h6-8,11-13,20,30H,5,9-10H2,1-4H3/t20-/m0/s1. The van der Waals surface area contributed by atoms with Gasteiger partial charge in [0.25, 0.3) is 5.91 Å². The van der Waals surface area contributed by atoms with Crippen molar-refractivity contribution in [2.75, 3.05) is 20.8 Å². The lowest BCUT2D eigenvalue weighted by molar-refractivity contribution is -0.129. The van der Waals surface area contributed by atoms with Gasteiger partial charge in [-0.2, -0.15) is 0 Å². The summed E-state index contributed by atoms with van der Waals surface area (Å²) in [6.45, 7) is 4.50. The minimum atomic E-state index is -0.838. The first kappa shape index (κ1) is 23.5. The van der Waals surface area contributed by atoms with E-state index in [4.69, 9.17) is 9.47 Å². The number of aliphatic hydroxyl groups is 1. The Bertz CT molecular complexity index is 1250. The monoisotopic (exact) mass is 482 g/mol. The molecule has 0 radical (unpaired) electrons. The number of hydrogen-bond acceptors (Lipinski definition) is 8. The Morgan fingerprint density at radius 3 is 2.62 bits per heavy atom. The van der Waals surface area contributed by atoms with E-state index < -0.39 is 23.5 Å². The van der Waals surface area contributed by atoms with Crippen molar-refractivity contribution in [3.63, 3.8) is 0 Å². The SMILES string of the molecule is COc1ccc(OC)c([C@H]2C(C(=O)c3sc(C)nc3C)=C(O)C(=O)N2CCCn2ccnc2)c1. The zero-order valence-corrected chi connectivity index (χ0v) is 20.3. The zero-order chi connectivity index (χ0) is 24.4. The number of carbonyl (C=O) groups excluding carboxylic acids is 2. The lowest BCUT2D eigenvalue weighted by Gasteiger charge is -2.28. The second-order valence-electron chi connectivity index (χ2n) is 7.90. The average molecular weight is 483 g/mol. The summed E-state index contributed by atoms with van der Waals surface area (Å²) in [7, 11) is 3.06. The summed E-state index contributed by atoms with van der Waals surface area (Å²) in [6.07, 6.45) is 5.83. The van der Waals surface area contributed by atoms with Crippen molar-refractivity contribution in [1.82, 2.24) is 19.4 Å². The van der Waals surface area contributed by atoms with Crippen LogP contribution in [-0.2, 0) is 11.3 Å². The van der Waals surface area contributed by atoms with Crippen LogP contribution in [0, 0.1) is 13.8 Å². The fraction of sp³-hybridized carbons (Fsp3) is 0.333. The maximum atomic E-state index is 13.7. The van der Waals surface area contributed by atoms with Crippen molar-refractivity contribution >= 4 is 23.0 Å². The van der Waals surface area contributed by atoms with Crippen LogP contribution in [0.4, 0.5) is 0 Å². The van der Waals surface area contributed by atoms with Crippen molar-refractivity contribution in [3.05, 3.63) is 69.4 Å². The van der Waals surface area contributed by atoms with Crippen LogP contribution in [-0.4, -0.2) is 57.0 Å². The van der Waals surface area contributed by atoms with Crippen molar-refractivity contribution in [2.45, 2.75) is 32.9 Å². The van der Waals surface area contributed by atoms with Crippen LogP contribution >= 0.6 is 11.3 Å². The smallest absolute Gasteiger partial charge is 0.290 e. The van der Waals surface area contributed by atoms with Crippen LogP contribution in [0.2, 0.25) is 0 Å². The molecule has 1 amide bonds. The number of rotatable bonds is 9. The largest absolute Gasteiger partial charge is 0.503 e. The molecule has 0 bridgehead atoms. The molecular weight excluding hydrogens is 456 g/mol. The van der Waals surface area contributed by atoms with Gasteiger partial charge in [0.15, 0.2) is 5.76 Å². The topological polar surface area (TPSA) is 107 Å². The van der Waals surface area contributed by atoms with Crippen LogP contribution in [0.5, 0.6) is 11.5 Å². The van der Waals surface area contributed by atoms with E-state index >= 15 is 0 Å². The summed E-state index contributed by atoms with van der Waals surface area (Å²) < 4.78 is 12.9. The molecule has 1 aliphatic heterocycles. The minimum absolute atomic E-state index is 0.0194. The highest BCUT2D eigenvalue weighted by Gasteiger charge is 2.45. The number of methoxy groups -OCH3 is 2. The molecule has 0 unspecified atom stereocenters. The lowest BCUT2D eigenvalue weighted by atomic mass is 9.94. The highest BCUT2D eigenvalue weighted by molar-refractivity contribution is 7.14. The predicted molar refractivity (Wildman–Crippen MR) is 126 cm³/mol. The molecule has 0 saturated heterocycles. The summed E-state index contributed by atoms with van der Waals surface area (Å²) in [4.78, 5) is 37.2. The number of thiazole rings is 1. The van der Waals surface area contributed by atoms with Crippen molar-refractivity contribution < 1.29 is 24.2 Å². The van der Waals surface area contributed by atoms with Gasteiger partial charge in [-0.3, -0.25) is 9.59 Å². The van der Waals surface area contributed by atoms with Gasteiger partial charge in [-0.05, 0) is 38.5 Å². The molecule has 2 aromatic heterocycles. The molecule has 1 atom stereocenters. The first-order valence-corrected chi connectivity index (χ1v) is 11.6. The number of imidazole rings is 1. The molecular formula is C24H26N4O5S. The molecule has 34 heavy (non-hydrogen) atoms. The number of aliphatic hydroxyl groups excluding tert-OH is 1. The predicted octanol–water partition coefficient (Wildman–Crippen LogP) is 3.64. The van der Waals surface area contributed by atoms with Crippen LogP contribution in [0.1, 0.15) is 38.4 Å². The number of benzene rings is 1. The van der Waals surface area contributed by atoms with Gasteiger partial charge >= 0.3 is 0 Å². The molecule has 178 valence electrons. The Hall–Kier alpha value is -3.66. The second-order valence-corrected chi connectivity index (χ2v) is 9.11. The zero-order valence-electron chi connectivity index (χ0n) is 19.4. The van der Waals surface area contributed by atoms with Crippen molar-refractivity contribution in [1.29, 1.82) is 0 Å². The first-order chi connectivity index (χ1) is 16.3. The number of aromatic nitrogens is 3. The van der Waals surface area contributed by atoms with E-state index in [2.05, 4.69) is 9.97 Å². The van der Waals surface area contributed by atoms with Gasteiger partial charge in [-0.25, -0.2) is 9.97 Å². The highest BCUT2D eigenvalue weighted by atomic mass is 32.1. The van der Waals surface area contributed by atoms with E-state index in [-0.39, 0.29) is 5.57 Å². The number of ether oxygens (including phenoxy) is 2. The Kier molecular flexibility index (Phi) is 6.69. The quantitative estimate of drug-likeness (QED) is 0.464. The average Bonchev–Trinajstić information content (AvgIpc) is 3.53. The second kappa shape index (κ2) is 9.68. The van der Waals surface area contributed by atoms with Gasteiger partial charge in [-0.1, -0.05) is 0 Å². The minimum Gasteiger partial charge on any atom is -0.503 e. The third-order valence-electron chi connectivity index (χ3n) is 5.76. The fourth-order valence-electron chi connectivity index (χ4n) is 4.20. The highest BCUT2D eigenvalue weighted by Crippen LogP contribution is 2.44. The third-order valence-corrected chi connectivity index (χ3v) is 6.84. The lowest BCUT2D eigenvalue weighted by Crippen LogP contribution is -2.32. The van der Waals surface area contributed by atoms with E-state index in [1.54, 1.807) is 37.6 Å². The van der Waals surface area contributed by atoms with Crippen LogP contribution < -0.4 is 9.47 Å². The van der Waals surface area contributed by atoms with E-state index in [1.807, 2.05) is 17.7 Å². The van der Waals surface area contributed by atoms with Crippen LogP contribution in [0.25, 0.3) is 0 Å². The first-order valence-electron chi connectivity index (χ1n) is 10.8. The normalized spacial score (nSPS) is 15.8. The Morgan fingerprint density at radius 1 is 1.21 bits per heavy atom. The summed E-state index contributed by atoms with van der Waals surface area (Å²) in [5, 5.41) is 11.7. The number of amides is 1. The van der Waals surface area contributed by atoms with Gasteiger partial charge in [0, 0.05) is 31.0 Å². The molecule has 4 rings (SSSR count). The summed E-state index contributed by atoms with van der Waals surface area (Å²) in [6, 6.07) is 4.36. The molecule has 0 fully saturated rings. The maximum Gasteiger partial charge on any atom is 0.290 e. The Balaban J connectivity index is 1.78. The van der Waals surface area contributed by atoms with E-state index in [9.17, 15) is 14.7 Å². The molecule has 0 aliphatic carbocycles. The summed E-state index contributed by atoms with van der Waals surface area (Å²) in [5.41, 5.74) is 1.14. The Labute approximate surface area is 201 Å². The molecule has 9 nitrogen and oxygen atoms in total. The molecule has 1 aliphatic rings. The molecule has 1 N–H and O–H groups in total. The molecule has 0 spiro atoms. The number of Topliss-reactive ketones (excluding diaryl/α,β-unsaturated/α-hetero) is 1. The van der Waals surface area contributed by atoms with Crippen molar-refractivity contribution in [2.24, 2.45) is 0 Å². The van der Waals surface area contributed by atoms with Gasteiger partial charge in [0.1, 0.15) is 11.5 Å². The molecule has 0 saturated carbocycles. The van der Waals surface area contributed by atoms with Crippen molar-refractivity contribution in [3.8, 4) is 11.5 Å². The van der Waals surface area contributed by atoms with E-state index in [0.717, 1.165) is 5.01 Å². The van der Waals surface area contributed by atoms with E-state index in [0.29, 0.717) is 47.1 Å². The summed E-state index contributed by atoms with van der Waals surface area (Å²) in [5.74, 6) is -0.531. The fourth-order valence-corrected chi connectivity index (χ4v) is 5.07. The molecule has 3 heterocycles. The number of ketones is 1. The number of nitrogens with zero attached hydrogens (tertiary/aromatic N) is 4. The van der Waals surface area contributed by atoms with Crippen LogP contribution in [0.15, 0.2) is 48.3 Å². The van der Waals surface area contributed by atoms with Gasteiger partial charge < -0.3 is 24.0 Å². The van der Waals surface area contributed by atoms with Gasteiger partial charge in [-0.15, -0.1) is 11.3 Å².